The van der Waals surface area contributed by atoms with E-state index in [-0.39, 0.29) is 18.8 Å². The van der Waals surface area contributed by atoms with E-state index in [0.29, 0.717) is 0 Å². The van der Waals surface area contributed by atoms with E-state index in [9.17, 15) is 26.4 Å². The molecule has 0 heterocycles. The van der Waals surface area contributed by atoms with Crippen LogP contribution in [0.4, 0.5) is 13.2 Å². The number of hydrogen-bond acceptors (Lipinski definition) is 4. The predicted octanol–water partition coefficient (Wildman–Crippen LogP) is -0.701. The predicted molar refractivity (Wildman–Crippen MR) is 51.6 cm³/mol. The molecule has 0 aromatic heterocycles. The Labute approximate surface area is 91.3 Å². The second-order valence-electron chi connectivity index (χ2n) is 3.20. The van der Waals surface area contributed by atoms with E-state index < -0.39 is 28.5 Å². The highest BCUT2D eigenvalue weighted by atomic mass is 32.2. The summed E-state index contributed by atoms with van der Waals surface area (Å²) in [6.07, 6.45) is -3.42. The molecule has 0 radical (unpaired) electrons. The second kappa shape index (κ2) is 6.04. The molecule has 0 bridgehead atoms. The molecule has 0 aliphatic rings. The first kappa shape index (κ1) is 15.2. The lowest BCUT2D eigenvalue weighted by Gasteiger charge is -2.08. The fourth-order valence-electron chi connectivity index (χ4n) is 0.721. The zero-order valence-corrected chi connectivity index (χ0v) is 9.41. The minimum atomic E-state index is -4.44. The molecular formula is C7H13F3N2O3S. The van der Waals surface area contributed by atoms with E-state index in [1.54, 1.807) is 5.32 Å². The maximum atomic E-state index is 11.6. The van der Waals surface area contributed by atoms with E-state index in [4.69, 9.17) is 0 Å². The van der Waals surface area contributed by atoms with Gasteiger partial charge in [-0.05, 0) is 0 Å². The van der Waals surface area contributed by atoms with Crippen LogP contribution in [-0.4, -0.2) is 52.1 Å². The van der Waals surface area contributed by atoms with Gasteiger partial charge in [0.15, 0.2) is 0 Å². The normalized spacial score (nSPS) is 12.5. The van der Waals surface area contributed by atoms with Crippen LogP contribution in [0.1, 0.15) is 0 Å². The van der Waals surface area contributed by atoms with Gasteiger partial charge >= 0.3 is 6.18 Å². The summed E-state index contributed by atoms with van der Waals surface area (Å²) in [6.45, 7) is -1.70. The van der Waals surface area contributed by atoms with E-state index in [1.165, 1.54) is 0 Å². The summed E-state index contributed by atoms with van der Waals surface area (Å²) in [7, 11) is -3.13. The van der Waals surface area contributed by atoms with Gasteiger partial charge in [0, 0.05) is 12.8 Å². The third-order valence-electron chi connectivity index (χ3n) is 1.42. The van der Waals surface area contributed by atoms with E-state index >= 15 is 0 Å². The smallest absolute Gasteiger partial charge is 0.346 e. The van der Waals surface area contributed by atoms with Crippen molar-refractivity contribution in [2.24, 2.45) is 0 Å². The standard InChI is InChI=1S/C7H13F3N2O3S/c1-16(14,15)3-2-11-4-6(13)12-5-7(8,9)10/h11H,2-5H2,1H3,(H,12,13). The molecule has 0 aliphatic heterocycles. The number of amides is 1. The molecule has 0 rings (SSSR count). The van der Waals surface area contributed by atoms with Gasteiger partial charge < -0.3 is 10.6 Å². The van der Waals surface area contributed by atoms with Crippen molar-refractivity contribution in [1.82, 2.24) is 10.6 Å². The Morgan fingerprint density at radius 3 is 2.31 bits per heavy atom. The first-order valence-corrected chi connectivity index (χ1v) is 6.38. The highest BCUT2D eigenvalue weighted by Gasteiger charge is 2.27. The van der Waals surface area contributed by atoms with Crippen LogP contribution in [-0.2, 0) is 14.6 Å². The molecule has 0 atom stereocenters. The molecule has 0 spiro atoms. The molecule has 0 saturated heterocycles. The third-order valence-corrected chi connectivity index (χ3v) is 2.37. The topological polar surface area (TPSA) is 75.3 Å². The zero-order chi connectivity index (χ0) is 12.8. The van der Waals surface area contributed by atoms with Crippen LogP contribution in [0.2, 0.25) is 0 Å². The minimum Gasteiger partial charge on any atom is -0.346 e. The van der Waals surface area contributed by atoms with E-state index in [1.807, 2.05) is 0 Å². The summed E-state index contributed by atoms with van der Waals surface area (Å²) < 4.78 is 56.2. The van der Waals surface area contributed by atoms with Crippen molar-refractivity contribution in [3.63, 3.8) is 0 Å². The molecule has 9 heteroatoms. The Morgan fingerprint density at radius 1 is 1.31 bits per heavy atom. The number of halogens is 3. The van der Waals surface area contributed by atoms with Gasteiger partial charge in [0.1, 0.15) is 16.4 Å². The summed E-state index contributed by atoms with van der Waals surface area (Å²) in [6, 6.07) is 0. The number of carbonyl (C=O) groups excluding carboxylic acids is 1. The lowest BCUT2D eigenvalue weighted by atomic mass is 10.5. The highest BCUT2D eigenvalue weighted by Crippen LogP contribution is 2.11. The molecule has 0 aromatic rings. The zero-order valence-electron chi connectivity index (χ0n) is 8.60. The van der Waals surface area contributed by atoms with Crippen LogP contribution in [0, 0.1) is 0 Å². The van der Waals surface area contributed by atoms with Crippen LogP contribution in [0.3, 0.4) is 0 Å². The second-order valence-corrected chi connectivity index (χ2v) is 5.46. The summed E-state index contributed by atoms with van der Waals surface area (Å²) in [5, 5.41) is 4.06. The van der Waals surface area contributed by atoms with Gasteiger partial charge in [0.05, 0.1) is 12.3 Å². The number of hydrogen-bond donors (Lipinski definition) is 2. The van der Waals surface area contributed by atoms with Crippen LogP contribution >= 0.6 is 0 Å². The van der Waals surface area contributed by atoms with Gasteiger partial charge in [-0.1, -0.05) is 0 Å². The average molecular weight is 262 g/mol. The molecule has 0 fully saturated rings. The molecule has 2 N–H and O–H groups in total. The Bertz CT molecular complexity index is 326. The summed E-state index contributed by atoms with van der Waals surface area (Å²) in [5.74, 6) is -0.995. The lowest BCUT2D eigenvalue weighted by molar-refractivity contribution is -0.137. The largest absolute Gasteiger partial charge is 0.405 e. The average Bonchev–Trinajstić information content (AvgIpc) is 2.06. The maximum absolute atomic E-state index is 11.6. The number of nitrogens with one attached hydrogen (secondary N) is 2. The number of sulfone groups is 1. The van der Waals surface area contributed by atoms with Gasteiger partial charge in [0.2, 0.25) is 5.91 Å². The van der Waals surface area contributed by atoms with Crippen LogP contribution in [0.25, 0.3) is 0 Å². The van der Waals surface area contributed by atoms with Crippen molar-refractivity contribution in [3.05, 3.63) is 0 Å². The van der Waals surface area contributed by atoms with Gasteiger partial charge in [-0.25, -0.2) is 8.42 Å². The molecule has 0 aromatic carbocycles. The van der Waals surface area contributed by atoms with Gasteiger partial charge in [0.25, 0.3) is 0 Å². The molecule has 0 aliphatic carbocycles. The minimum absolute atomic E-state index is 0.0261. The number of rotatable bonds is 6. The van der Waals surface area contributed by atoms with Gasteiger partial charge in [-0.3, -0.25) is 4.79 Å². The maximum Gasteiger partial charge on any atom is 0.405 e. The molecule has 1 amide bonds. The van der Waals surface area contributed by atoms with Crippen molar-refractivity contribution in [3.8, 4) is 0 Å². The summed E-state index contributed by atoms with van der Waals surface area (Å²) in [5.41, 5.74) is 0. The van der Waals surface area contributed by atoms with Crippen LogP contribution in [0.15, 0.2) is 0 Å². The Morgan fingerprint density at radius 2 is 1.88 bits per heavy atom. The molecule has 0 unspecified atom stereocenters. The first-order valence-electron chi connectivity index (χ1n) is 4.32. The van der Waals surface area contributed by atoms with Crippen molar-refractivity contribution in [2.45, 2.75) is 6.18 Å². The van der Waals surface area contributed by atoms with Crippen LogP contribution < -0.4 is 10.6 Å². The summed E-state index contributed by atoms with van der Waals surface area (Å²) >= 11 is 0. The van der Waals surface area contributed by atoms with Gasteiger partial charge in [-0.2, -0.15) is 13.2 Å². The number of alkyl halides is 3. The Hall–Kier alpha value is -0.830. The third kappa shape index (κ3) is 11.2. The van der Waals surface area contributed by atoms with Gasteiger partial charge in [-0.15, -0.1) is 0 Å². The lowest BCUT2D eigenvalue weighted by Crippen LogP contribution is -2.40. The molecular weight excluding hydrogens is 249 g/mol. The Kier molecular flexibility index (Phi) is 5.73. The molecule has 16 heavy (non-hydrogen) atoms. The summed E-state index contributed by atoms with van der Waals surface area (Å²) in [4.78, 5) is 10.8. The SMILES string of the molecule is CS(=O)(=O)CCNCC(=O)NCC(F)(F)F. The Balaban J connectivity index is 3.60. The van der Waals surface area contributed by atoms with Crippen molar-refractivity contribution < 1.29 is 26.4 Å². The molecule has 0 saturated carbocycles. The fourth-order valence-corrected chi connectivity index (χ4v) is 1.24. The fraction of sp³-hybridized carbons (Fsp3) is 0.857. The van der Waals surface area contributed by atoms with Crippen molar-refractivity contribution in [1.29, 1.82) is 0 Å². The monoisotopic (exact) mass is 262 g/mol. The highest BCUT2D eigenvalue weighted by molar-refractivity contribution is 7.90. The molecule has 96 valence electrons. The van der Waals surface area contributed by atoms with Crippen molar-refractivity contribution in [2.75, 3.05) is 31.6 Å². The first-order chi connectivity index (χ1) is 7.10. The molecule has 5 nitrogen and oxygen atoms in total. The van der Waals surface area contributed by atoms with Crippen molar-refractivity contribution >= 4 is 15.7 Å². The van der Waals surface area contributed by atoms with Crippen LogP contribution in [0.5, 0.6) is 0 Å². The quantitative estimate of drug-likeness (QED) is 0.621. The number of carbonyl (C=O) groups is 1. The van der Waals surface area contributed by atoms with E-state index in [0.717, 1.165) is 6.26 Å². The van der Waals surface area contributed by atoms with E-state index in [2.05, 4.69) is 5.32 Å².